The van der Waals surface area contributed by atoms with E-state index in [9.17, 15) is 4.79 Å². The summed E-state index contributed by atoms with van der Waals surface area (Å²) in [6.07, 6.45) is 1.60. The Hall–Kier alpha value is -3.65. The molecule has 1 aromatic heterocycles. The predicted molar refractivity (Wildman–Crippen MR) is 101 cm³/mol. The molecule has 0 fully saturated rings. The first kappa shape index (κ1) is 17.2. The molecule has 0 aliphatic heterocycles. The summed E-state index contributed by atoms with van der Waals surface area (Å²) in [7, 11) is 1.76. The van der Waals surface area contributed by atoms with Crippen molar-refractivity contribution >= 4 is 17.3 Å². The minimum Gasteiger partial charge on any atom is -0.355 e. The van der Waals surface area contributed by atoms with E-state index in [1.165, 1.54) is 0 Å². The SMILES string of the molecule is CN(Cc1ccccc1)C(=O)c1cc(Nc2cccc(C#N)c2)ccn1. The summed E-state index contributed by atoms with van der Waals surface area (Å²) in [5, 5.41) is 12.2. The summed E-state index contributed by atoms with van der Waals surface area (Å²) in [4.78, 5) is 18.5. The highest BCUT2D eigenvalue weighted by atomic mass is 16.2. The van der Waals surface area contributed by atoms with Gasteiger partial charge >= 0.3 is 0 Å². The van der Waals surface area contributed by atoms with Gasteiger partial charge in [0.2, 0.25) is 0 Å². The number of benzene rings is 2. The molecule has 5 heteroatoms. The minimum absolute atomic E-state index is 0.150. The van der Waals surface area contributed by atoms with Gasteiger partial charge in [0.05, 0.1) is 11.6 Å². The molecule has 128 valence electrons. The second kappa shape index (κ2) is 7.95. The number of nitrogens with zero attached hydrogens (tertiary/aromatic N) is 3. The van der Waals surface area contributed by atoms with Crippen LogP contribution in [0.15, 0.2) is 72.9 Å². The van der Waals surface area contributed by atoms with Gasteiger partial charge < -0.3 is 10.2 Å². The number of anilines is 2. The summed E-state index contributed by atoms with van der Waals surface area (Å²) in [6, 6.07) is 22.6. The second-order valence-corrected chi connectivity index (χ2v) is 5.89. The fourth-order valence-electron chi connectivity index (χ4n) is 2.58. The van der Waals surface area contributed by atoms with Crippen molar-refractivity contribution in [3.05, 3.63) is 89.7 Å². The van der Waals surface area contributed by atoms with Crippen LogP contribution >= 0.6 is 0 Å². The van der Waals surface area contributed by atoms with Crippen molar-refractivity contribution < 1.29 is 4.79 Å². The van der Waals surface area contributed by atoms with Crippen LogP contribution in [0.2, 0.25) is 0 Å². The van der Waals surface area contributed by atoms with Crippen LogP contribution in [0.5, 0.6) is 0 Å². The Bertz CT molecular complexity index is 947. The van der Waals surface area contributed by atoms with Crippen LogP contribution in [0.3, 0.4) is 0 Å². The molecule has 0 atom stereocenters. The highest BCUT2D eigenvalue weighted by Crippen LogP contribution is 2.18. The van der Waals surface area contributed by atoms with Crippen molar-refractivity contribution in [2.45, 2.75) is 6.54 Å². The summed E-state index contributed by atoms with van der Waals surface area (Å²) in [6.45, 7) is 0.517. The van der Waals surface area contributed by atoms with Crippen LogP contribution in [0, 0.1) is 11.3 Å². The third-order valence-corrected chi connectivity index (χ3v) is 3.87. The molecule has 5 nitrogen and oxygen atoms in total. The molecule has 2 aromatic carbocycles. The molecule has 3 rings (SSSR count). The van der Waals surface area contributed by atoms with Crippen molar-refractivity contribution in [3.8, 4) is 6.07 Å². The van der Waals surface area contributed by atoms with E-state index in [0.29, 0.717) is 17.8 Å². The number of nitrogens with one attached hydrogen (secondary N) is 1. The Balaban J connectivity index is 1.73. The van der Waals surface area contributed by atoms with Crippen LogP contribution in [0.25, 0.3) is 0 Å². The van der Waals surface area contributed by atoms with Gasteiger partial charge in [0.25, 0.3) is 5.91 Å². The summed E-state index contributed by atoms with van der Waals surface area (Å²) in [5.74, 6) is -0.150. The molecular weight excluding hydrogens is 324 g/mol. The number of carbonyl (C=O) groups excluding carboxylic acids is 1. The Kier molecular flexibility index (Phi) is 5.25. The molecule has 0 unspecified atom stereocenters. The summed E-state index contributed by atoms with van der Waals surface area (Å²) < 4.78 is 0. The summed E-state index contributed by atoms with van der Waals surface area (Å²) >= 11 is 0. The number of aromatic nitrogens is 1. The van der Waals surface area contributed by atoms with Crippen molar-refractivity contribution in [1.82, 2.24) is 9.88 Å². The Labute approximate surface area is 152 Å². The van der Waals surface area contributed by atoms with Crippen LogP contribution in [-0.4, -0.2) is 22.8 Å². The van der Waals surface area contributed by atoms with E-state index in [-0.39, 0.29) is 5.91 Å². The Morgan fingerprint density at radius 2 is 1.85 bits per heavy atom. The molecule has 0 saturated carbocycles. The highest BCUT2D eigenvalue weighted by molar-refractivity contribution is 5.93. The van der Waals surface area contributed by atoms with E-state index in [4.69, 9.17) is 5.26 Å². The molecule has 1 amide bonds. The Morgan fingerprint density at radius 1 is 1.08 bits per heavy atom. The van der Waals surface area contributed by atoms with Gasteiger partial charge in [-0.1, -0.05) is 36.4 Å². The topological polar surface area (TPSA) is 69.0 Å². The quantitative estimate of drug-likeness (QED) is 0.762. The van der Waals surface area contributed by atoms with Gasteiger partial charge in [0.15, 0.2) is 0 Å². The van der Waals surface area contributed by atoms with E-state index >= 15 is 0 Å². The third kappa shape index (κ3) is 4.25. The average molecular weight is 342 g/mol. The Morgan fingerprint density at radius 3 is 2.62 bits per heavy atom. The molecule has 0 saturated heterocycles. The first-order valence-electron chi connectivity index (χ1n) is 8.18. The van der Waals surface area contributed by atoms with E-state index in [1.54, 1.807) is 42.4 Å². The number of hydrogen-bond donors (Lipinski definition) is 1. The van der Waals surface area contributed by atoms with E-state index in [2.05, 4.69) is 16.4 Å². The number of pyridine rings is 1. The molecule has 0 spiro atoms. The monoisotopic (exact) mass is 342 g/mol. The standard InChI is InChI=1S/C21H18N4O/c1-25(15-16-6-3-2-4-7-16)21(26)20-13-19(10-11-23-20)24-18-9-5-8-17(12-18)14-22/h2-13H,15H2,1H3,(H,23,24). The van der Waals surface area contributed by atoms with Gasteiger partial charge in [-0.05, 0) is 35.9 Å². The van der Waals surface area contributed by atoms with Gasteiger partial charge in [0.1, 0.15) is 5.69 Å². The first-order chi connectivity index (χ1) is 12.7. The van der Waals surface area contributed by atoms with Crippen molar-refractivity contribution in [3.63, 3.8) is 0 Å². The van der Waals surface area contributed by atoms with Gasteiger partial charge in [-0.2, -0.15) is 5.26 Å². The van der Waals surface area contributed by atoms with Crippen molar-refractivity contribution in [2.75, 3.05) is 12.4 Å². The van der Waals surface area contributed by atoms with Gasteiger partial charge in [-0.25, -0.2) is 0 Å². The molecule has 0 radical (unpaired) electrons. The maximum Gasteiger partial charge on any atom is 0.272 e. The molecule has 1 heterocycles. The third-order valence-electron chi connectivity index (χ3n) is 3.87. The minimum atomic E-state index is -0.150. The number of amides is 1. The van der Waals surface area contributed by atoms with E-state index in [0.717, 1.165) is 16.9 Å². The zero-order chi connectivity index (χ0) is 18.4. The van der Waals surface area contributed by atoms with Crippen molar-refractivity contribution in [2.24, 2.45) is 0 Å². The lowest BCUT2D eigenvalue weighted by molar-refractivity contribution is 0.0779. The normalized spacial score (nSPS) is 10.0. The lowest BCUT2D eigenvalue weighted by atomic mass is 10.2. The second-order valence-electron chi connectivity index (χ2n) is 5.89. The van der Waals surface area contributed by atoms with E-state index < -0.39 is 0 Å². The average Bonchev–Trinajstić information content (AvgIpc) is 2.68. The molecule has 26 heavy (non-hydrogen) atoms. The molecule has 1 N–H and O–H groups in total. The van der Waals surface area contributed by atoms with Gasteiger partial charge in [-0.3, -0.25) is 9.78 Å². The number of hydrogen-bond acceptors (Lipinski definition) is 4. The summed E-state index contributed by atoms with van der Waals surface area (Å²) in [5.41, 5.74) is 3.52. The molecule has 0 aliphatic carbocycles. The lowest BCUT2D eigenvalue weighted by Crippen LogP contribution is -2.27. The van der Waals surface area contributed by atoms with Gasteiger partial charge in [0, 0.05) is 31.2 Å². The maximum atomic E-state index is 12.6. The van der Waals surface area contributed by atoms with Gasteiger partial charge in [-0.15, -0.1) is 0 Å². The van der Waals surface area contributed by atoms with E-state index in [1.807, 2.05) is 42.5 Å². The van der Waals surface area contributed by atoms with Crippen LogP contribution in [0.4, 0.5) is 11.4 Å². The molecular formula is C21H18N4O. The largest absolute Gasteiger partial charge is 0.355 e. The molecule has 3 aromatic rings. The first-order valence-corrected chi connectivity index (χ1v) is 8.18. The fourth-order valence-corrected chi connectivity index (χ4v) is 2.58. The van der Waals surface area contributed by atoms with Crippen LogP contribution in [-0.2, 0) is 6.54 Å². The number of nitriles is 1. The van der Waals surface area contributed by atoms with Crippen LogP contribution < -0.4 is 5.32 Å². The maximum absolute atomic E-state index is 12.6. The fraction of sp³-hybridized carbons (Fsp3) is 0.0952. The molecule has 0 bridgehead atoms. The number of carbonyl (C=O) groups is 1. The zero-order valence-corrected chi connectivity index (χ0v) is 14.4. The lowest BCUT2D eigenvalue weighted by Gasteiger charge is -2.17. The van der Waals surface area contributed by atoms with Crippen LogP contribution in [0.1, 0.15) is 21.6 Å². The van der Waals surface area contributed by atoms with Crippen molar-refractivity contribution in [1.29, 1.82) is 5.26 Å². The highest BCUT2D eigenvalue weighted by Gasteiger charge is 2.14. The smallest absolute Gasteiger partial charge is 0.272 e. The predicted octanol–water partition coefficient (Wildman–Crippen LogP) is 3.97. The molecule has 0 aliphatic rings. The zero-order valence-electron chi connectivity index (χ0n) is 14.4. The number of rotatable bonds is 5.